The largest absolute Gasteiger partial charge is 0.508 e. The number of urea groups is 1. The molecule has 6 nitrogen and oxygen atoms in total. The van der Waals surface area contributed by atoms with Crippen LogP contribution in [-0.4, -0.2) is 42.3 Å². The van der Waals surface area contributed by atoms with E-state index in [0.717, 1.165) is 17.5 Å². The molecule has 1 atom stereocenters. The number of phenolic OH excluding ortho intramolecular Hbond substituents is 1. The highest BCUT2D eigenvalue weighted by atomic mass is 16.5. The maximum absolute atomic E-state index is 12.7. The third kappa shape index (κ3) is 5.26. The maximum atomic E-state index is 12.7. The first-order chi connectivity index (χ1) is 14.4. The second-order valence-corrected chi connectivity index (χ2v) is 7.72. The van der Waals surface area contributed by atoms with Crippen molar-refractivity contribution in [2.75, 3.05) is 20.2 Å². The van der Waals surface area contributed by atoms with Gasteiger partial charge >= 0.3 is 6.03 Å². The van der Waals surface area contributed by atoms with Gasteiger partial charge in [-0.05, 0) is 68.2 Å². The Balaban J connectivity index is 1.61. The number of hydrogen-bond donors (Lipinski definition) is 2. The molecule has 6 heteroatoms. The van der Waals surface area contributed by atoms with Gasteiger partial charge in [-0.2, -0.15) is 0 Å². The van der Waals surface area contributed by atoms with Gasteiger partial charge < -0.3 is 24.8 Å². The number of carbonyl (C=O) groups is 1. The van der Waals surface area contributed by atoms with Gasteiger partial charge in [-0.15, -0.1) is 0 Å². The SMILES string of the molecule is COc1cc(C(C)NC(=O)N2CC=C(c3ccc(O)cc3)CC2)ccc1OC(C)C. The zero-order chi connectivity index (χ0) is 21.7. The monoisotopic (exact) mass is 410 g/mol. The minimum absolute atomic E-state index is 0.0560. The Kier molecular flexibility index (Phi) is 6.87. The molecule has 0 radical (unpaired) electrons. The number of carbonyl (C=O) groups excluding carboxylic acids is 1. The minimum Gasteiger partial charge on any atom is -0.508 e. The molecule has 0 spiro atoms. The average Bonchev–Trinajstić information content (AvgIpc) is 2.74. The molecule has 1 unspecified atom stereocenters. The van der Waals surface area contributed by atoms with Crippen molar-refractivity contribution < 1.29 is 19.4 Å². The number of benzene rings is 2. The Morgan fingerprint density at radius 3 is 2.43 bits per heavy atom. The van der Waals surface area contributed by atoms with Gasteiger partial charge in [0.25, 0.3) is 0 Å². The fourth-order valence-corrected chi connectivity index (χ4v) is 3.46. The van der Waals surface area contributed by atoms with E-state index in [0.29, 0.717) is 24.6 Å². The molecular weight excluding hydrogens is 380 g/mol. The summed E-state index contributed by atoms with van der Waals surface area (Å²) in [4.78, 5) is 14.5. The molecule has 0 saturated heterocycles. The minimum atomic E-state index is -0.165. The summed E-state index contributed by atoms with van der Waals surface area (Å²) in [6.07, 6.45) is 2.91. The summed E-state index contributed by atoms with van der Waals surface area (Å²) in [6, 6.07) is 12.6. The Morgan fingerprint density at radius 1 is 1.10 bits per heavy atom. The van der Waals surface area contributed by atoms with Crippen LogP contribution < -0.4 is 14.8 Å². The van der Waals surface area contributed by atoms with Crippen molar-refractivity contribution in [3.63, 3.8) is 0 Å². The van der Waals surface area contributed by atoms with E-state index in [-0.39, 0.29) is 23.9 Å². The molecule has 0 fully saturated rings. The zero-order valence-corrected chi connectivity index (χ0v) is 18.0. The quantitative estimate of drug-likeness (QED) is 0.721. The molecule has 0 aliphatic carbocycles. The standard InChI is InChI=1S/C24H30N2O4/c1-16(2)30-22-10-7-20(15-23(22)29-4)17(3)25-24(28)26-13-11-19(12-14-26)18-5-8-21(27)9-6-18/h5-11,15-17,27H,12-14H2,1-4H3,(H,25,28). The predicted molar refractivity (Wildman–Crippen MR) is 118 cm³/mol. The molecule has 1 heterocycles. The highest BCUT2D eigenvalue weighted by Gasteiger charge is 2.20. The van der Waals surface area contributed by atoms with Crippen LogP contribution in [0, 0.1) is 0 Å². The third-order valence-corrected chi connectivity index (χ3v) is 5.12. The highest BCUT2D eigenvalue weighted by molar-refractivity contribution is 5.77. The van der Waals surface area contributed by atoms with Crippen LogP contribution in [0.15, 0.2) is 48.5 Å². The van der Waals surface area contributed by atoms with Gasteiger partial charge in [-0.25, -0.2) is 4.79 Å². The third-order valence-electron chi connectivity index (χ3n) is 5.12. The van der Waals surface area contributed by atoms with Gasteiger partial charge in [-0.1, -0.05) is 24.3 Å². The van der Waals surface area contributed by atoms with Crippen molar-refractivity contribution in [1.82, 2.24) is 10.2 Å². The lowest BCUT2D eigenvalue weighted by Crippen LogP contribution is -2.43. The zero-order valence-electron chi connectivity index (χ0n) is 18.0. The Bertz CT molecular complexity index is 906. The van der Waals surface area contributed by atoms with E-state index in [1.165, 1.54) is 5.57 Å². The number of aromatic hydroxyl groups is 1. The lowest BCUT2D eigenvalue weighted by Gasteiger charge is -2.28. The number of phenols is 1. The molecule has 0 saturated carbocycles. The van der Waals surface area contributed by atoms with Crippen LogP contribution in [0.1, 0.15) is 44.4 Å². The first-order valence-electron chi connectivity index (χ1n) is 10.3. The number of hydrogen-bond acceptors (Lipinski definition) is 4. The molecule has 3 rings (SSSR count). The summed E-state index contributed by atoms with van der Waals surface area (Å²) >= 11 is 0. The second-order valence-electron chi connectivity index (χ2n) is 7.72. The average molecular weight is 411 g/mol. The number of methoxy groups -OCH3 is 1. The number of nitrogens with zero attached hydrogens (tertiary/aromatic N) is 1. The van der Waals surface area contributed by atoms with E-state index in [4.69, 9.17) is 9.47 Å². The molecule has 160 valence electrons. The number of rotatable bonds is 6. The van der Waals surface area contributed by atoms with Gasteiger partial charge in [-0.3, -0.25) is 0 Å². The fraction of sp³-hybridized carbons (Fsp3) is 0.375. The van der Waals surface area contributed by atoms with Crippen molar-refractivity contribution >= 4 is 11.6 Å². The van der Waals surface area contributed by atoms with Gasteiger partial charge in [0.2, 0.25) is 0 Å². The van der Waals surface area contributed by atoms with Crippen LogP contribution in [0.3, 0.4) is 0 Å². The molecule has 1 aliphatic rings. The topological polar surface area (TPSA) is 71.0 Å². The number of ether oxygens (including phenoxy) is 2. The molecule has 1 aliphatic heterocycles. The van der Waals surface area contributed by atoms with Crippen LogP contribution >= 0.6 is 0 Å². The summed E-state index contributed by atoms with van der Waals surface area (Å²) < 4.78 is 11.2. The molecule has 0 aromatic heterocycles. The van der Waals surface area contributed by atoms with Gasteiger partial charge in [0.15, 0.2) is 11.5 Å². The second kappa shape index (κ2) is 9.57. The first-order valence-corrected chi connectivity index (χ1v) is 10.3. The summed E-state index contributed by atoms with van der Waals surface area (Å²) in [7, 11) is 1.61. The lowest BCUT2D eigenvalue weighted by atomic mass is 9.99. The van der Waals surface area contributed by atoms with Gasteiger partial charge in [0, 0.05) is 13.1 Å². The smallest absolute Gasteiger partial charge is 0.318 e. The van der Waals surface area contributed by atoms with Gasteiger partial charge in [0.1, 0.15) is 5.75 Å². The van der Waals surface area contributed by atoms with E-state index in [1.807, 2.05) is 51.1 Å². The van der Waals surface area contributed by atoms with E-state index < -0.39 is 0 Å². The summed E-state index contributed by atoms with van der Waals surface area (Å²) in [5, 5.41) is 12.5. The Morgan fingerprint density at radius 2 is 1.83 bits per heavy atom. The fourth-order valence-electron chi connectivity index (χ4n) is 3.46. The van der Waals surface area contributed by atoms with Crippen LogP contribution in [0.2, 0.25) is 0 Å². The van der Waals surface area contributed by atoms with Crippen molar-refractivity contribution in [2.24, 2.45) is 0 Å². The highest BCUT2D eigenvalue weighted by Crippen LogP contribution is 2.31. The molecule has 2 amide bonds. The van der Waals surface area contributed by atoms with Crippen LogP contribution in [-0.2, 0) is 0 Å². The van der Waals surface area contributed by atoms with E-state index in [2.05, 4.69) is 11.4 Å². The Hall–Kier alpha value is -3.15. The van der Waals surface area contributed by atoms with E-state index >= 15 is 0 Å². The number of amides is 2. The van der Waals surface area contributed by atoms with E-state index in [9.17, 15) is 9.90 Å². The molecule has 2 N–H and O–H groups in total. The maximum Gasteiger partial charge on any atom is 0.318 e. The van der Waals surface area contributed by atoms with Crippen LogP contribution in [0.5, 0.6) is 17.2 Å². The van der Waals surface area contributed by atoms with E-state index in [1.54, 1.807) is 24.1 Å². The first kappa shape index (κ1) is 21.6. The summed E-state index contributed by atoms with van der Waals surface area (Å²) in [5.41, 5.74) is 3.23. The normalized spacial score (nSPS) is 14.8. The van der Waals surface area contributed by atoms with Crippen molar-refractivity contribution in [1.29, 1.82) is 0 Å². The molecule has 2 aromatic rings. The molecule has 2 aromatic carbocycles. The summed E-state index contributed by atoms with van der Waals surface area (Å²) in [6.45, 7) is 7.10. The van der Waals surface area contributed by atoms with Crippen molar-refractivity contribution in [3.8, 4) is 17.2 Å². The van der Waals surface area contributed by atoms with Gasteiger partial charge in [0.05, 0.1) is 19.3 Å². The predicted octanol–water partition coefficient (Wildman–Crippen LogP) is 4.75. The molecule has 30 heavy (non-hydrogen) atoms. The lowest BCUT2D eigenvalue weighted by molar-refractivity contribution is 0.199. The number of nitrogens with one attached hydrogen (secondary N) is 1. The van der Waals surface area contributed by atoms with Crippen molar-refractivity contribution in [3.05, 3.63) is 59.7 Å². The molecule has 0 bridgehead atoms. The Labute approximate surface area is 178 Å². The van der Waals surface area contributed by atoms with Crippen molar-refractivity contribution in [2.45, 2.75) is 39.3 Å². The van der Waals surface area contributed by atoms with Crippen LogP contribution in [0.25, 0.3) is 5.57 Å². The van der Waals surface area contributed by atoms with Crippen LogP contribution in [0.4, 0.5) is 4.79 Å². The molecular formula is C24H30N2O4. The summed E-state index contributed by atoms with van der Waals surface area (Å²) in [5.74, 6) is 1.60.